The number of carbonyl (C=O) groups is 1. The Morgan fingerprint density at radius 1 is 1.21 bits per heavy atom. The Morgan fingerprint density at radius 2 is 1.90 bits per heavy atom. The van der Waals surface area contributed by atoms with Crippen LogP contribution in [0.25, 0.3) is 6.08 Å². The van der Waals surface area contributed by atoms with Gasteiger partial charge in [0.2, 0.25) is 0 Å². The molecule has 3 heteroatoms. The number of thiophene rings is 1. The van der Waals surface area contributed by atoms with E-state index >= 15 is 0 Å². The van der Waals surface area contributed by atoms with Crippen molar-refractivity contribution in [2.45, 2.75) is 73.1 Å². The van der Waals surface area contributed by atoms with Crippen LogP contribution in [-0.2, 0) is 25.7 Å². The smallest absolute Gasteiger partial charge is 0.185 e. The molecule has 1 aliphatic rings. The summed E-state index contributed by atoms with van der Waals surface area (Å²) >= 11 is 1.87. The Morgan fingerprint density at radius 3 is 2.52 bits per heavy atom. The van der Waals surface area contributed by atoms with Crippen molar-refractivity contribution in [2.75, 3.05) is 6.61 Å². The minimum Gasteiger partial charge on any atom is -0.396 e. The number of carbonyl (C=O) groups excluding carboxylic acids is 1. The van der Waals surface area contributed by atoms with Crippen LogP contribution in [0.4, 0.5) is 0 Å². The molecule has 2 nitrogen and oxygen atoms in total. The second-order valence-corrected chi connectivity index (χ2v) is 10.3. The molecule has 0 saturated heterocycles. The molecule has 0 unspecified atom stereocenters. The molecule has 0 atom stereocenters. The number of benzene rings is 1. The van der Waals surface area contributed by atoms with E-state index in [-0.39, 0.29) is 12.4 Å². The molecule has 0 fully saturated rings. The van der Waals surface area contributed by atoms with Crippen molar-refractivity contribution in [3.8, 4) is 0 Å². The summed E-state index contributed by atoms with van der Waals surface area (Å²) in [6.07, 6.45) is 9.97. The summed E-state index contributed by atoms with van der Waals surface area (Å²) in [7, 11) is 0. The van der Waals surface area contributed by atoms with Crippen molar-refractivity contribution in [3.05, 3.63) is 61.3 Å². The standard InChI is InChI=1S/C26H34O2S/c1-6-24-22-16-26(4,5)12-11-21(22)25(29-24)10-9-23(28)19-14-17(2)20(8-7-13-27)18(3)15-19/h9-10,14-15,27H,6-8,11-13,16H2,1-5H3. The van der Waals surface area contributed by atoms with E-state index in [4.69, 9.17) is 5.11 Å². The van der Waals surface area contributed by atoms with E-state index in [0.29, 0.717) is 5.41 Å². The van der Waals surface area contributed by atoms with Crippen LogP contribution in [0.2, 0.25) is 0 Å². The fraction of sp³-hybridized carbons (Fsp3) is 0.500. The molecule has 0 spiro atoms. The van der Waals surface area contributed by atoms with Crippen molar-refractivity contribution in [1.29, 1.82) is 0 Å². The van der Waals surface area contributed by atoms with Gasteiger partial charge in [-0.3, -0.25) is 4.79 Å². The molecule has 0 radical (unpaired) electrons. The van der Waals surface area contributed by atoms with Crippen LogP contribution in [0.15, 0.2) is 18.2 Å². The molecule has 3 rings (SSSR count). The van der Waals surface area contributed by atoms with Crippen LogP contribution in [-0.4, -0.2) is 17.5 Å². The zero-order valence-corrected chi connectivity index (χ0v) is 19.3. The molecule has 156 valence electrons. The summed E-state index contributed by atoms with van der Waals surface area (Å²) in [6.45, 7) is 11.3. The lowest BCUT2D eigenvalue weighted by atomic mass is 9.74. The lowest BCUT2D eigenvalue weighted by Gasteiger charge is -2.30. The molecular formula is C26H34O2S. The second-order valence-electron chi connectivity index (χ2n) is 9.15. The summed E-state index contributed by atoms with van der Waals surface area (Å²) in [5.41, 5.74) is 7.68. The molecule has 0 saturated carbocycles. The van der Waals surface area contributed by atoms with Gasteiger partial charge in [-0.2, -0.15) is 0 Å². The van der Waals surface area contributed by atoms with Gasteiger partial charge in [0.15, 0.2) is 5.78 Å². The van der Waals surface area contributed by atoms with Crippen molar-refractivity contribution >= 4 is 23.2 Å². The molecule has 0 bridgehead atoms. The first-order valence-corrected chi connectivity index (χ1v) is 11.6. The third-order valence-electron chi connectivity index (χ3n) is 6.21. The molecule has 1 aromatic carbocycles. The van der Waals surface area contributed by atoms with E-state index in [0.717, 1.165) is 48.8 Å². The first kappa shape index (κ1) is 22.0. The molecule has 0 amide bonds. The maximum Gasteiger partial charge on any atom is 0.185 e. The first-order chi connectivity index (χ1) is 13.8. The zero-order chi connectivity index (χ0) is 21.2. The Bertz CT molecular complexity index is 907. The van der Waals surface area contributed by atoms with Crippen molar-refractivity contribution in [1.82, 2.24) is 0 Å². The highest BCUT2D eigenvalue weighted by Gasteiger charge is 2.29. The third kappa shape index (κ3) is 4.90. The Hall–Kier alpha value is -1.71. The lowest BCUT2D eigenvalue weighted by molar-refractivity contribution is 0.104. The zero-order valence-electron chi connectivity index (χ0n) is 18.5. The van der Waals surface area contributed by atoms with Gasteiger partial charge in [-0.25, -0.2) is 0 Å². The van der Waals surface area contributed by atoms with E-state index < -0.39 is 0 Å². The highest BCUT2D eigenvalue weighted by molar-refractivity contribution is 7.13. The molecule has 2 aromatic rings. The normalized spacial score (nSPS) is 15.7. The quantitative estimate of drug-likeness (QED) is 0.432. The maximum atomic E-state index is 12.9. The first-order valence-electron chi connectivity index (χ1n) is 10.8. The Labute approximate surface area is 179 Å². The molecule has 1 aromatic heterocycles. The van der Waals surface area contributed by atoms with Gasteiger partial charge in [-0.1, -0.05) is 20.8 Å². The number of aryl methyl sites for hydroxylation is 3. The fourth-order valence-corrected chi connectivity index (χ4v) is 5.75. The number of aliphatic hydroxyl groups excluding tert-OH is 1. The molecule has 0 aliphatic heterocycles. The van der Waals surface area contributed by atoms with Crippen LogP contribution in [0, 0.1) is 19.3 Å². The highest BCUT2D eigenvalue weighted by Crippen LogP contribution is 2.42. The van der Waals surface area contributed by atoms with E-state index in [2.05, 4.69) is 34.6 Å². The largest absolute Gasteiger partial charge is 0.396 e. The summed E-state index contributed by atoms with van der Waals surface area (Å²) in [4.78, 5) is 15.6. The predicted octanol–water partition coefficient (Wildman–Crippen LogP) is 6.26. The minimum atomic E-state index is 0.0706. The monoisotopic (exact) mass is 410 g/mol. The lowest BCUT2D eigenvalue weighted by Crippen LogP contribution is -2.22. The predicted molar refractivity (Wildman–Crippen MR) is 124 cm³/mol. The van der Waals surface area contributed by atoms with Crippen LogP contribution in [0.5, 0.6) is 0 Å². The van der Waals surface area contributed by atoms with Gasteiger partial charge < -0.3 is 5.11 Å². The van der Waals surface area contributed by atoms with Gasteiger partial charge in [0.05, 0.1) is 0 Å². The summed E-state index contributed by atoms with van der Waals surface area (Å²) < 4.78 is 0. The number of ketones is 1. The van der Waals surface area contributed by atoms with Gasteiger partial charge in [-0.05, 0) is 110 Å². The van der Waals surface area contributed by atoms with Crippen LogP contribution < -0.4 is 0 Å². The number of allylic oxidation sites excluding steroid dienone is 1. The maximum absolute atomic E-state index is 12.9. The van der Waals surface area contributed by atoms with Gasteiger partial charge in [0.1, 0.15) is 0 Å². The average molecular weight is 411 g/mol. The summed E-state index contributed by atoms with van der Waals surface area (Å²) in [5, 5.41) is 9.10. The van der Waals surface area contributed by atoms with Gasteiger partial charge in [-0.15, -0.1) is 11.3 Å². The molecule has 1 heterocycles. The van der Waals surface area contributed by atoms with Crippen LogP contribution >= 0.6 is 11.3 Å². The highest BCUT2D eigenvalue weighted by atomic mass is 32.1. The minimum absolute atomic E-state index is 0.0706. The molecule has 1 aliphatic carbocycles. The number of aliphatic hydroxyl groups is 1. The fourth-order valence-electron chi connectivity index (χ4n) is 4.54. The molecule has 1 N–H and O–H groups in total. The van der Waals surface area contributed by atoms with Crippen LogP contribution in [0.3, 0.4) is 0 Å². The topological polar surface area (TPSA) is 37.3 Å². The average Bonchev–Trinajstić information content (AvgIpc) is 3.01. The van der Waals surface area contributed by atoms with Crippen molar-refractivity contribution < 1.29 is 9.90 Å². The Balaban J connectivity index is 1.84. The van der Waals surface area contributed by atoms with Gasteiger partial charge in [0.25, 0.3) is 0 Å². The molecule has 29 heavy (non-hydrogen) atoms. The van der Waals surface area contributed by atoms with E-state index in [1.807, 2.05) is 29.5 Å². The number of fused-ring (bicyclic) bond motifs is 1. The Kier molecular flexibility index (Phi) is 6.80. The number of hydrogen-bond donors (Lipinski definition) is 1. The molecular weight excluding hydrogens is 376 g/mol. The number of rotatable bonds is 7. The van der Waals surface area contributed by atoms with Gasteiger partial charge in [0, 0.05) is 21.9 Å². The number of hydrogen-bond acceptors (Lipinski definition) is 3. The summed E-state index contributed by atoms with van der Waals surface area (Å²) in [5.74, 6) is 0.0706. The van der Waals surface area contributed by atoms with Gasteiger partial charge >= 0.3 is 0 Å². The second kappa shape index (κ2) is 8.97. The van der Waals surface area contributed by atoms with Crippen molar-refractivity contribution in [2.24, 2.45) is 5.41 Å². The van der Waals surface area contributed by atoms with E-state index in [1.54, 1.807) is 11.6 Å². The van der Waals surface area contributed by atoms with E-state index in [9.17, 15) is 4.79 Å². The van der Waals surface area contributed by atoms with E-state index in [1.165, 1.54) is 27.3 Å². The third-order valence-corrected chi connectivity index (χ3v) is 7.60. The SMILES string of the molecule is CCc1sc(C=CC(=O)c2cc(C)c(CCCO)c(C)c2)c2c1CC(C)(C)CC2. The summed E-state index contributed by atoms with van der Waals surface area (Å²) in [6, 6.07) is 3.99. The van der Waals surface area contributed by atoms with Crippen molar-refractivity contribution in [3.63, 3.8) is 0 Å². The van der Waals surface area contributed by atoms with Crippen LogP contribution in [0.1, 0.15) is 81.5 Å².